The van der Waals surface area contributed by atoms with Crippen LogP contribution in [0.25, 0.3) is 16.7 Å². The van der Waals surface area contributed by atoms with E-state index in [0.29, 0.717) is 11.3 Å². The molecule has 2 aromatic heterocycles. The third kappa shape index (κ3) is 1.32. The number of imidazole rings is 1. The molecule has 18 heavy (non-hydrogen) atoms. The van der Waals surface area contributed by atoms with Crippen LogP contribution < -0.4 is 5.56 Å². The third-order valence-electron chi connectivity index (χ3n) is 2.92. The molecule has 2 heterocycles. The minimum Gasteiger partial charge on any atom is -0.411 e. The van der Waals surface area contributed by atoms with Crippen molar-refractivity contribution in [2.75, 3.05) is 0 Å². The van der Waals surface area contributed by atoms with Crippen LogP contribution in [0.2, 0.25) is 0 Å². The molecule has 0 saturated heterocycles. The van der Waals surface area contributed by atoms with Gasteiger partial charge in [0.15, 0.2) is 0 Å². The van der Waals surface area contributed by atoms with Gasteiger partial charge in [-0.3, -0.25) is 9.20 Å². The van der Waals surface area contributed by atoms with Crippen LogP contribution in [0.1, 0.15) is 11.4 Å². The van der Waals surface area contributed by atoms with Crippen molar-refractivity contribution in [3.63, 3.8) is 0 Å². The lowest BCUT2D eigenvalue weighted by Crippen LogP contribution is -2.11. The Hall–Kier alpha value is -2.63. The highest BCUT2D eigenvalue weighted by atomic mass is 16.4. The number of hydrogen-bond donors (Lipinski definition) is 2. The molecular weight excluding hydrogens is 232 g/mol. The molecule has 0 unspecified atom stereocenters. The number of oxime groups is 1. The standard InChI is InChI=1S/C12H10N4O2/c1-7-9(6-13-18)14-11-12(17)15-8-4-2-3-5-10(8)16(7)11/h2-6,18H,1H3,(H,15,17). The highest BCUT2D eigenvalue weighted by molar-refractivity contribution is 5.83. The predicted molar refractivity (Wildman–Crippen MR) is 67.4 cm³/mol. The Morgan fingerprint density at radius 1 is 1.44 bits per heavy atom. The summed E-state index contributed by atoms with van der Waals surface area (Å²) in [6.45, 7) is 1.82. The molecule has 0 saturated carbocycles. The Balaban J connectivity index is 2.59. The highest BCUT2D eigenvalue weighted by Crippen LogP contribution is 2.15. The second-order valence-corrected chi connectivity index (χ2v) is 3.96. The van der Waals surface area contributed by atoms with Gasteiger partial charge in [-0.2, -0.15) is 0 Å². The van der Waals surface area contributed by atoms with Crippen LogP contribution >= 0.6 is 0 Å². The number of fused-ring (bicyclic) bond motifs is 3. The quantitative estimate of drug-likeness (QED) is 0.383. The molecule has 3 aromatic rings. The maximum atomic E-state index is 11.9. The molecule has 0 fully saturated rings. The number of hydrogen-bond acceptors (Lipinski definition) is 4. The SMILES string of the molecule is Cc1c(C=NO)nc2c(=O)[nH]c3ccccc3n12. The minimum atomic E-state index is -0.269. The second-order valence-electron chi connectivity index (χ2n) is 3.96. The number of H-pyrrole nitrogens is 1. The zero-order valence-electron chi connectivity index (χ0n) is 9.58. The van der Waals surface area contributed by atoms with Gasteiger partial charge in [-0.25, -0.2) is 4.98 Å². The number of aryl methyl sites for hydroxylation is 1. The van der Waals surface area contributed by atoms with Gasteiger partial charge in [0.25, 0.3) is 5.56 Å². The summed E-state index contributed by atoms with van der Waals surface area (Å²) in [5.41, 5.74) is 2.85. The first-order valence-electron chi connectivity index (χ1n) is 5.40. The van der Waals surface area contributed by atoms with Crippen molar-refractivity contribution in [1.82, 2.24) is 14.4 Å². The Morgan fingerprint density at radius 2 is 2.22 bits per heavy atom. The normalized spacial score (nSPS) is 11.8. The second kappa shape index (κ2) is 3.69. The van der Waals surface area contributed by atoms with Gasteiger partial charge in [0.1, 0.15) is 5.69 Å². The van der Waals surface area contributed by atoms with E-state index in [0.717, 1.165) is 16.7 Å². The van der Waals surface area contributed by atoms with E-state index < -0.39 is 0 Å². The van der Waals surface area contributed by atoms with Gasteiger partial charge < -0.3 is 10.2 Å². The van der Waals surface area contributed by atoms with Crippen LogP contribution in [0.5, 0.6) is 0 Å². The number of benzene rings is 1. The first-order valence-corrected chi connectivity index (χ1v) is 5.40. The summed E-state index contributed by atoms with van der Waals surface area (Å²) in [5, 5.41) is 11.5. The Labute approximate surface area is 101 Å². The topological polar surface area (TPSA) is 82.8 Å². The first-order chi connectivity index (χ1) is 8.72. The lowest BCUT2D eigenvalue weighted by Gasteiger charge is -2.02. The smallest absolute Gasteiger partial charge is 0.292 e. The number of aromatic amines is 1. The number of para-hydroxylation sites is 2. The molecule has 0 bridgehead atoms. The molecule has 0 atom stereocenters. The van der Waals surface area contributed by atoms with E-state index in [-0.39, 0.29) is 5.56 Å². The van der Waals surface area contributed by atoms with Gasteiger partial charge in [0, 0.05) is 5.69 Å². The lowest BCUT2D eigenvalue weighted by atomic mass is 10.3. The molecule has 6 nitrogen and oxygen atoms in total. The third-order valence-corrected chi connectivity index (χ3v) is 2.92. The lowest BCUT2D eigenvalue weighted by molar-refractivity contribution is 0.321. The number of nitrogens with zero attached hydrogens (tertiary/aromatic N) is 3. The number of rotatable bonds is 1. The van der Waals surface area contributed by atoms with Crippen LogP contribution in [0.3, 0.4) is 0 Å². The zero-order chi connectivity index (χ0) is 12.7. The van der Waals surface area contributed by atoms with Crippen LogP contribution in [0.15, 0.2) is 34.2 Å². The Bertz CT molecular complexity index is 829. The fourth-order valence-corrected chi connectivity index (χ4v) is 2.10. The molecule has 2 N–H and O–H groups in total. The maximum Gasteiger partial charge on any atom is 0.292 e. The molecule has 1 aromatic carbocycles. The summed E-state index contributed by atoms with van der Waals surface area (Å²) in [6.07, 6.45) is 1.22. The predicted octanol–water partition coefficient (Wildman–Crippen LogP) is 1.29. The molecule has 3 rings (SSSR count). The van der Waals surface area contributed by atoms with Gasteiger partial charge in [-0.1, -0.05) is 17.3 Å². The van der Waals surface area contributed by atoms with Crippen molar-refractivity contribution >= 4 is 22.9 Å². The van der Waals surface area contributed by atoms with Crippen LogP contribution in [0.4, 0.5) is 0 Å². The molecule has 0 aliphatic rings. The zero-order valence-corrected chi connectivity index (χ0v) is 9.58. The summed E-state index contributed by atoms with van der Waals surface area (Å²) >= 11 is 0. The van der Waals surface area contributed by atoms with E-state index in [1.165, 1.54) is 6.21 Å². The molecule has 0 aliphatic carbocycles. The molecule has 0 radical (unpaired) electrons. The van der Waals surface area contributed by atoms with Gasteiger partial charge in [-0.05, 0) is 19.1 Å². The van der Waals surface area contributed by atoms with Crippen molar-refractivity contribution in [2.45, 2.75) is 6.92 Å². The number of aromatic nitrogens is 3. The Kier molecular flexibility index (Phi) is 2.16. The van der Waals surface area contributed by atoms with Crippen LogP contribution in [0, 0.1) is 6.92 Å². The van der Waals surface area contributed by atoms with Crippen LogP contribution in [-0.4, -0.2) is 25.8 Å². The monoisotopic (exact) mass is 242 g/mol. The van der Waals surface area contributed by atoms with E-state index in [4.69, 9.17) is 5.21 Å². The van der Waals surface area contributed by atoms with Crippen molar-refractivity contribution < 1.29 is 5.21 Å². The van der Waals surface area contributed by atoms with Crippen molar-refractivity contribution in [3.05, 3.63) is 46.0 Å². The largest absolute Gasteiger partial charge is 0.411 e. The fourth-order valence-electron chi connectivity index (χ4n) is 2.10. The fraction of sp³-hybridized carbons (Fsp3) is 0.0833. The van der Waals surface area contributed by atoms with E-state index in [1.807, 2.05) is 31.2 Å². The summed E-state index contributed by atoms with van der Waals surface area (Å²) in [6, 6.07) is 7.47. The maximum absolute atomic E-state index is 11.9. The van der Waals surface area contributed by atoms with Crippen LogP contribution in [-0.2, 0) is 0 Å². The highest BCUT2D eigenvalue weighted by Gasteiger charge is 2.12. The molecule has 90 valence electrons. The van der Waals surface area contributed by atoms with E-state index in [9.17, 15) is 4.79 Å². The van der Waals surface area contributed by atoms with E-state index in [2.05, 4.69) is 15.1 Å². The first kappa shape index (κ1) is 10.5. The minimum absolute atomic E-state index is 0.269. The summed E-state index contributed by atoms with van der Waals surface area (Å²) < 4.78 is 1.76. The van der Waals surface area contributed by atoms with E-state index in [1.54, 1.807) is 4.40 Å². The number of nitrogens with one attached hydrogen (secondary N) is 1. The summed E-state index contributed by atoms with van der Waals surface area (Å²) in [4.78, 5) is 18.8. The summed E-state index contributed by atoms with van der Waals surface area (Å²) in [5.74, 6) is 0. The van der Waals surface area contributed by atoms with Crippen molar-refractivity contribution in [2.24, 2.45) is 5.16 Å². The average molecular weight is 242 g/mol. The molecule has 0 amide bonds. The van der Waals surface area contributed by atoms with Gasteiger partial charge in [0.2, 0.25) is 5.65 Å². The summed E-state index contributed by atoms with van der Waals surface area (Å²) in [7, 11) is 0. The van der Waals surface area contributed by atoms with Crippen molar-refractivity contribution in [1.29, 1.82) is 0 Å². The Morgan fingerprint density at radius 3 is 3.00 bits per heavy atom. The average Bonchev–Trinajstić information content (AvgIpc) is 2.69. The van der Waals surface area contributed by atoms with Gasteiger partial charge in [0.05, 0.1) is 17.2 Å². The van der Waals surface area contributed by atoms with Gasteiger partial charge in [-0.15, -0.1) is 0 Å². The van der Waals surface area contributed by atoms with E-state index >= 15 is 0 Å². The van der Waals surface area contributed by atoms with Gasteiger partial charge >= 0.3 is 0 Å². The molecule has 6 heteroatoms. The molecular formula is C12H10N4O2. The molecule has 0 spiro atoms. The van der Waals surface area contributed by atoms with Crippen molar-refractivity contribution in [3.8, 4) is 0 Å². The molecule has 0 aliphatic heterocycles.